The van der Waals surface area contributed by atoms with E-state index in [0.29, 0.717) is 0 Å². The van der Waals surface area contributed by atoms with Gasteiger partial charge in [0.2, 0.25) is 0 Å². The maximum absolute atomic E-state index is 5.58. The summed E-state index contributed by atoms with van der Waals surface area (Å²) in [6, 6.07) is 8.43. The summed E-state index contributed by atoms with van der Waals surface area (Å²) in [7, 11) is 0. The van der Waals surface area contributed by atoms with Gasteiger partial charge in [-0.1, -0.05) is 12.1 Å². The molecular weight excluding hydrogens is 327 g/mol. The fraction of sp³-hybridized carbons (Fsp3) is 0.167. The molecule has 0 saturated carbocycles. The lowest BCUT2D eigenvalue weighted by Gasteiger charge is -2.15. The average molecular weight is 340 g/mol. The minimum atomic E-state index is 0.0382. The van der Waals surface area contributed by atoms with E-state index < -0.39 is 0 Å². The Bertz CT molecular complexity index is 458. The first-order valence-corrected chi connectivity index (χ1v) is 6.33. The van der Waals surface area contributed by atoms with Crippen LogP contribution in [0.25, 0.3) is 0 Å². The van der Waals surface area contributed by atoms with E-state index in [0.717, 1.165) is 12.0 Å². The summed E-state index contributed by atoms with van der Waals surface area (Å²) < 4.78 is 1.23. The standard InChI is InChI=1S/C12H13IN4/c13-11-3-1-9(2-4-11)5-12(17-14)10-6-15-8-16-7-10/h1-4,6-8,12,17H,5,14H2. The van der Waals surface area contributed by atoms with E-state index in [-0.39, 0.29) is 6.04 Å². The van der Waals surface area contributed by atoms with Crippen molar-refractivity contribution in [2.45, 2.75) is 12.5 Å². The summed E-state index contributed by atoms with van der Waals surface area (Å²) in [5, 5.41) is 0. The highest BCUT2D eigenvalue weighted by Gasteiger charge is 2.10. The second kappa shape index (κ2) is 6.04. The maximum atomic E-state index is 5.58. The second-order valence-corrected chi connectivity index (χ2v) is 4.97. The summed E-state index contributed by atoms with van der Waals surface area (Å²) >= 11 is 2.29. The third-order valence-electron chi connectivity index (χ3n) is 2.54. The largest absolute Gasteiger partial charge is 0.271 e. The topological polar surface area (TPSA) is 63.8 Å². The summed E-state index contributed by atoms with van der Waals surface area (Å²) in [5.41, 5.74) is 5.03. The second-order valence-electron chi connectivity index (χ2n) is 3.72. The van der Waals surface area contributed by atoms with Crippen molar-refractivity contribution in [3.8, 4) is 0 Å². The highest BCUT2D eigenvalue weighted by atomic mass is 127. The fourth-order valence-electron chi connectivity index (χ4n) is 1.62. The molecule has 0 spiro atoms. The molecule has 4 nitrogen and oxygen atoms in total. The van der Waals surface area contributed by atoms with E-state index >= 15 is 0 Å². The molecule has 3 N–H and O–H groups in total. The number of benzene rings is 1. The lowest BCUT2D eigenvalue weighted by atomic mass is 10.0. The smallest absolute Gasteiger partial charge is 0.115 e. The van der Waals surface area contributed by atoms with Gasteiger partial charge in [0.05, 0.1) is 6.04 Å². The van der Waals surface area contributed by atoms with Crippen molar-refractivity contribution in [2.75, 3.05) is 0 Å². The SMILES string of the molecule is NNC(Cc1ccc(I)cc1)c1cncnc1. The molecule has 1 aromatic carbocycles. The van der Waals surface area contributed by atoms with Crippen LogP contribution >= 0.6 is 22.6 Å². The van der Waals surface area contributed by atoms with Gasteiger partial charge in [0.25, 0.3) is 0 Å². The Balaban J connectivity index is 2.13. The zero-order valence-corrected chi connectivity index (χ0v) is 11.3. The quantitative estimate of drug-likeness (QED) is 0.506. The monoisotopic (exact) mass is 340 g/mol. The Hall–Kier alpha value is -1.05. The molecule has 0 fully saturated rings. The number of hydrogen-bond donors (Lipinski definition) is 2. The van der Waals surface area contributed by atoms with Gasteiger partial charge >= 0.3 is 0 Å². The number of hydrogen-bond acceptors (Lipinski definition) is 4. The zero-order valence-electron chi connectivity index (χ0n) is 9.18. The molecular formula is C12H13IN4. The van der Waals surface area contributed by atoms with Crippen LogP contribution in [0.1, 0.15) is 17.2 Å². The molecule has 0 aliphatic heterocycles. The molecule has 0 amide bonds. The number of rotatable bonds is 4. The van der Waals surface area contributed by atoms with Crippen LogP contribution in [0, 0.1) is 3.57 Å². The molecule has 88 valence electrons. The molecule has 1 heterocycles. The zero-order chi connectivity index (χ0) is 12.1. The van der Waals surface area contributed by atoms with Crippen molar-refractivity contribution in [3.63, 3.8) is 0 Å². The van der Waals surface area contributed by atoms with Crippen LogP contribution in [0.15, 0.2) is 43.0 Å². The molecule has 0 radical (unpaired) electrons. The number of hydrazine groups is 1. The number of nitrogens with zero attached hydrogens (tertiary/aromatic N) is 2. The van der Waals surface area contributed by atoms with E-state index in [1.54, 1.807) is 12.4 Å². The van der Waals surface area contributed by atoms with Crippen LogP contribution in [0.3, 0.4) is 0 Å². The Morgan fingerprint density at radius 3 is 2.41 bits per heavy atom. The van der Waals surface area contributed by atoms with Gasteiger partial charge in [-0.15, -0.1) is 0 Å². The third kappa shape index (κ3) is 3.45. The molecule has 5 heteroatoms. The molecule has 2 rings (SSSR count). The molecule has 17 heavy (non-hydrogen) atoms. The predicted molar refractivity (Wildman–Crippen MR) is 75.0 cm³/mol. The first-order valence-electron chi connectivity index (χ1n) is 5.25. The molecule has 1 atom stereocenters. The number of nitrogens with one attached hydrogen (secondary N) is 1. The first kappa shape index (κ1) is 12.4. The molecule has 0 saturated heterocycles. The van der Waals surface area contributed by atoms with Crippen molar-refractivity contribution in [1.29, 1.82) is 0 Å². The van der Waals surface area contributed by atoms with Crippen molar-refractivity contribution in [1.82, 2.24) is 15.4 Å². The van der Waals surface area contributed by atoms with E-state index in [4.69, 9.17) is 5.84 Å². The van der Waals surface area contributed by atoms with E-state index in [9.17, 15) is 0 Å². The van der Waals surface area contributed by atoms with Crippen LogP contribution in [0.5, 0.6) is 0 Å². The minimum absolute atomic E-state index is 0.0382. The Kier molecular flexibility index (Phi) is 4.41. The molecule has 0 aliphatic rings. The number of nitrogens with two attached hydrogens (primary N) is 1. The molecule has 1 unspecified atom stereocenters. The van der Waals surface area contributed by atoms with Crippen LogP contribution in [0.4, 0.5) is 0 Å². The number of aromatic nitrogens is 2. The normalized spacial score (nSPS) is 12.4. The van der Waals surface area contributed by atoms with Crippen LogP contribution in [-0.2, 0) is 6.42 Å². The van der Waals surface area contributed by atoms with Crippen molar-refractivity contribution < 1.29 is 0 Å². The summed E-state index contributed by atoms with van der Waals surface area (Å²) in [6.07, 6.45) is 5.90. The van der Waals surface area contributed by atoms with E-state index in [1.807, 2.05) is 0 Å². The van der Waals surface area contributed by atoms with Gasteiger partial charge in [-0.05, 0) is 46.7 Å². The summed E-state index contributed by atoms with van der Waals surface area (Å²) in [5.74, 6) is 5.58. The van der Waals surface area contributed by atoms with Crippen LogP contribution < -0.4 is 11.3 Å². The number of halogens is 1. The van der Waals surface area contributed by atoms with Gasteiger partial charge in [-0.25, -0.2) is 9.97 Å². The molecule has 0 aliphatic carbocycles. The summed E-state index contributed by atoms with van der Waals surface area (Å²) in [6.45, 7) is 0. The Morgan fingerprint density at radius 1 is 1.18 bits per heavy atom. The Morgan fingerprint density at radius 2 is 1.82 bits per heavy atom. The predicted octanol–water partition coefficient (Wildman–Crippen LogP) is 1.83. The molecule has 2 aromatic rings. The third-order valence-corrected chi connectivity index (χ3v) is 3.26. The van der Waals surface area contributed by atoms with E-state index in [1.165, 1.54) is 15.5 Å². The van der Waals surface area contributed by atoms with Gasteiger partial charge in [0.15, 0.2) is 0 Å². The van der Waals surface area contributed by atoms with Gasteiger partial charge in [0, 0.05) is 21.5 Å². The van der Waals surface area contributed by atoms with Gasteiger partial charge in [-0.2, -0.15) is 0 Å². The van der Waals surface area contributed by atoms with Gasteiger partial charge in [-0.3, -0.25) is 11.3 Å². The van der Waals surface area contributed by atoms with Crippen molar-refractivity contribution in [2.24, 2.45) is 5.84 Å². The average Bonchev–Trinajstić information content (AvgIpc) is 2.39. The lowest BCUT2D eigenvalue weighted by molar-refractivity contribution is 0.548. The highest BCUT2D eigenvalue weighted by Crippen LogP contribution is 2.17. The minimum Gasteiger partial charge on any atom is -0.271 e. The van der Waals surface area contributed by atoms with Crippen LogP contribution in [0.2, 0.25) is 0 Å². The van der Waals surface area contributed by atoms with Gasteiger partial charge in [0.1, 0.15) is 6.33 Å². The van der Waals surface area contributed by atoms with Crippen molar-refractivity contribution >= 4 is 22.6 Å². The highest BCUT2D eigenvalue weighted by molar-refractivity contribution is 14.1. The Labute approximate surface area is 114 Å². The van der Waals surface area contributed by atoms with Gasteiger partial charge < -0.3 is 0 Å². The van der Waals surface area contributed by atoms with Crippen molar-refractivity contribution in [3.05, 3.63) is 57.7 Å². The molecule has 1 aromatic heterocycles. The fourth-order valence-corrected chi connectivity index (χ4v) is 1.98. The van der Waals surface area contributed by atoms with E-state index in [2.05, 4.69) is 62.3 Å². The first-order chi connectivity index (χ1) is 8.29. The summed E-state index contributed by atoms with van der Waals surface area (Å²) in [4.78, 5) is 8.00. The molecule has 0 bridgehead atoms. The maximum Gasteiger partial charge on any atom is 0.115 e. The lowest BCUT2D eigenvalue weighted by Crippen LogP contribution is -2.29. The van der Waals surface area contributed by atoms with Crippen LogP contribution in [-0.4, -0.2) is 9.97 Å².